The van der Waals surface area contributed by atoms with Crippen molar-refractivity contribution in [2.75, 3.05) is 17.2 Å². The van der Waals surface area contributed by atoms with E-state index in [1.54, 1.807) is 24.3 Å². The third kappa shape index (κ3) is 5.34. The standard InChI is InChI=1S/C17H15IN2O4/c1-11(21)19-13-8-6-12(7-9-13)17(23)24-10-16(22)20-15-5-3-2-4-14(15)18/h2-9H,10H2,1H3,(H,19,21)(H,20,22). The maximum Gasteiger partial charge on any atom is 0.338 e. The van der Waals surface area contributed by atoms with Gasteiger partial charge in [-0.15, -0.1) is 0 Å². The average Bonchev–Trinajstić information content (AvgIpc) is 2.55. The Hall–Kier alpha value is -2.42. The highest BCUT2D eigenvalue weighted by Gasteiger charge is 2.11. The summed E-state index contributed by atoms with van der Waals surface area (Å²) >= 11 is 2.10. The average molecular weight is 438 g/mol. The van der Waals surface area contributed by atoms with Gasteiger partial charge in [-0.3, -0.25) is 9.59 Å². The van der Waals surface area contributed by atoms with E-state index in [0.29, 0.717) is 16.9 Å². The molecule has 2 aromatic carbocycles. The minimum absolute atomic E-state index is 0.197. The largest absolute Gasteiger partial charge is 0.452 e. The molecule has 2 rings (SSSR count). The first-order valence-corrected chi connectivity index (χ1v) is 8.13. The van der Waals surface area contributed by atoms with Crippen molar-refractivity contribution >= 4 is 51.7 Å². The summed E-state index contributed by atoms with van der Waals surface area (Å²) in [6.07, 6.45) is 0. The van der Waals surface area contributed by atoms with E-state index in [-0.39, 0.29) is 12.5 Å². The third-order valence-electron chi connectivity index (χ3n) is 2.92. The van der Waals surface area contributed by atoms with E-state index >= 15 is 0 Å². The Morgan fingerprint density at radius 3 is 2.29 bits per heavy atom. The van der Waals surface area contributed by atoms with Crippen molar-refractivity contribution in [3.8, 4) is 0 Å². The van der Waals surface area contributed by atoms with Gasteiger partial charge >= 0.3 is 5.97 Å². The number of halogens is 1. The van der Waals surface area contributed by atoms with Crippen LogP contribution in [-0.4, -0.2) is 24.4 Å². The first kappa shape index (κ1) is 17.9. The lowest BCUT2D eigenvalue weighted by atomic mass is 10.2. The van der Waals surface area contributed by atoms with Crippen molar-refractivity contribution in [2.45, 2.75) is 6.92 Å². The Kier molecular flexibility index (Phi) is 6.30. The molecule has 0 heterocycles. The van der Waals surface area contributed by atoms with Crippen LogP contribution in [0.5, 0.6) is 0 Å². The smallest absolute Gasteiger partial charge is 0.338 e. The zero-order valence-electron chi connectivity index (χ0n) is 12.8. The van der Waals surface area contributed by atoms with Gasteiger partial charge in [0.25, 0.3) is 5.91 Å². The molecule has 24 heavy (non-hydrogen) atoms. The molecular formula is C17H15IN2O4. The molecule has 6 nitrogen and oxygen atoms in total. The monoisotopic (exact) mass is 438 g/mol. The minimum atomic E-state index is -0.609. The summed E-state index contributed by atoms with van der Waals surface area (Å²) in [4.78, 5) is 34.7. The fourth-order valence-electron chi connectivity index (χ4n) is 1.86. The molecule has 0 fully saturated rings. The lowest BCUT2D eigenvalue weighted by Gasteiger charge is -2.08. The Balaban J connectivity index is 1.87. The van der Waals surface area contributed by atoms with Gasteiger partial charge in [-0.25, -0.2) is 4.79 Å². The van der Waals surface area contributed by atoms with Crippen molar-refractivity contribution in [2.24, 2.45) is 0 Å². The predicted octanol–water partition coefficient (Wildman–Crippen LogP) is 3.05. The Morgan fingerprint density at radius 1 is 1.00 bits per heavy atom. The third-order valence-corrected chi connectivity index (χ3v) is 3.86. The van der Waals surface area contributed by atoms with Gasteiger partial charge < -0.3 is 15.4 Å². The highest BCUT2D eigenvalue weighted by molar-refractivity contribution is 14.1. The van der Waals surface area contributed by atoms with Crippen LogP contribution in [0.3, 0.4) is 0 Å². The fraction of sp³-hybridized carbons (Fsp3) is 0.118. The highest BCUT2D eigenvalue weighted by atomic mass is 127. The van der Waals surface area contributed by atoms with Crippen molar-refractivity contribution in [1.29, 1.82) is 0 Å². The fourth-order valence-corrected chi connectivity index (χ4v) is 2.38. The van der Waals surface area contributed by atoms with Crippen LogP contribution in [0.4, 0.5) is 11.4 Å². The Bertz CT molecular complexity index is 759. The van der Waals surface area contributed by atoms with E-state index in [9.17, 15) is 14.4 Å². The number of ether oxygens (including phenoxy) is 1. The highest BCUT2D eigenvalue weighted by Crippen LogP contribution is 2.16. The van der Waals surface area contributed by atoms with Crippen molar-refractivity contribution < 1.29 is 19.1 Å². The summed E-state index contributed by atoms with van der Waals surface area (Å²) < 4.78 is 5.87. The molecule has 0 spiro atoms. The van der Waals surface area contributed by atoms with Gasteiger partial charge in [-0.05, 0) is 59.0 Å². The van der Waals surface area contributed by atoms with Crippen LogP contribution in [0.15, 0.2) is 48.5 Å². The first-order valence-electron chi connectivity index (χ1n) is 7.05. The van der Waals surface area contributed by atoms with Crippen LogP contribution in [0.1, 0.15) is 17.3 Å². The molecule has 0 atom stereocenters. The van der Waals surface area contributed by atoms with E-state index in [4.69, 9.17) is 4.74 Å². The summed E-state index contributed by atoms with van der Waals surface area (Å²) in [6.45, 7) is 1.02. The summed E-state index contributed by atoms with van der Waals surface area (Å²) in [7, 11) is 0. The molecule has 7 heteroatoms. The number of hydrogen-bond donors (Lipinski definition) is 2. The van der Waals surface area contributed by atoms with E-state index in [1.165, 1.54) is 19.1 Å². The molecule has 0 bridgehead atoms. The minimum Gasteiger partial charge on any atom is -0.452 e. The maximum absolute atomic E-state index is 11.9. The van der Waals surface area contributed by atoms with Crippen LogP contribution in [0.25, 0.3) is 0 Å². The lowest BCUT2D eigenvalue weighted by Crippen LogP contribution is -2.21. The van der Waals surface area contributed by atoms with Crippen LogP contribution in [0, 0.1) is 3.57 Å². The number of nitrogens with one attached hydrogen (secondary N) is 2. The zero-order valence-corrected chi connectivity index (χ0v) is 15.0. The van der Waals surface area contributed by atoms with Gasteiger partial charge in [0.1, 0.15) is 0 Å². The number of amides is 2. The number of para-hydroxylation sites is 1. The van der Waals surface area contributed by atoms with Crippen LogP contribution in [0.2, 0.25) is 0 Å². The zero-order chi connectivity index (χ0) is 17.5. The van der Waals surface area contributed by atoms with Gasteiger partial charge in [0.2, 0.25) is 5.91 Å². The molecule has 0 aliphatic carbocycles. The molecule has 2 aromatic rings. The number of esters is 1. The number of carbonyl (C=O) groups is 3. The lowest BCUT2D eigenvalue weighted by molar-refractivity contribution is -0.119. The number of rotatable bonds is 5. The molecule has 124 valence electrons. The van der Waals surface area contributed by atoms with Gasteiger partial charge in [0.05, 0.1) is 11.3 Å². The summed E-state index contributed by atoms with van der Waals surface area (Å²) in [5.74, 6) is -1.22. The molecular weight excluding hydrogens is 423 g/mol. The van der Waals surface area contributed by atoms with Gasteiger partial charge in [-0.2, -0.15) is 0 Å². The van der Waals surface area contributed by atoms with Gasteiger partial charge in [0.15, 0.2) is 6.61 Å². The van der Waals surface area contributed by atoms with E-state index < -0.39 is 11.9 Å². The van der Waals surface area contributed by atoms with Crippen LogP contribution in [-0.2, 0) is 14.3 Å². The summed E-state index contributed by atoms with van der Waals surface area (Å²) in [5, 5.41) is 5.27. The van der Waals surface area contributed by atoms with Crippen molar-refractivity contribution in [1.82, 2.24) is 0 Å². The van der Waals surface area contributed by atoms with Gasteiger partial charge in [-0.1, -0.05) is 12.1 Å². The topological polar surface area (TPSA) is 84.5 Å². The van der Waals surface area contributed by atoms with Crippen molar-refractivity contribution in [3.05, 3.63) is 57.7 Å². The molecule has 0 saturated heterocycles. The van der Waals surface area contributed by atoms with Crippen LogP contribution < -0.4 is 10.6 Å². The maximum atomic E-state index is 11.9. The Labute approximate surface area is 152 Å². The van der Waals surface area contributed by atoms with E-state index in [2.05, 4.69) is 33.2 Å². The van der Waals surface area contributed by atoms with Gasteiger partial charge in [0, 0.05) is 16.2 Å². The number of benzene rings is 2. The SMILES string of the molecule is CC(=O)Nc1ccc(C(=O)OCC(=O)Nc2ccccc2I)cc1. The number of hydrogen-bond acceptors (Lipinski definition) is 4. The molecule has 2 amide bonds. The quantitative estimate of drug-likeness (QED) is 0.556. The summed E-state index contributed by atoms with van der Waals surface area (Å²) in [6, 6.07) is 13.5. The van der Waals surface area contributed by atoms with E-state index in [1.807, 2.05) is 12.1 Å². The molecule has 0 unspecified atom stereocenters. The number of anilines is 2. The second kappa shape index (κ2) is 8.44. The Morgan fingerprint density at radius 2 is 1.67 bits per heavy atom. The second-order valence-electron chi connectivity index (χ2n) is 4.86. The molecule has 0 aromatic heterocycles. The molecule has 2 N–H and O–H groups in total. The first-order chi connectivity index (χ1) is 11.5. The molecule has 0 aliphatic rings. The second-order valence-corrected chi connectivity index (χ2v) is 6.02. The van der Waals surface area contributed by atoms with Crippen LogP contribution >= 0.6 is 22.6 Å². The molecule has 0 saturated carbocycles. The molecule has 0 aliphatic heterocycles. The normalized spacial score (nSPS) is 9.92. The summed E-state index contributed by atoms with van der Waals surface area (Å²) in [5.41, 5.74) is 1.54. The molecule has 0 radical (unpaired) electrons. The van der Waals surface area contributed by atoms with Crippen molar-refractivity contribution in [3.63, 3.8) is 0 Å². The number of carbonyl (C=O) groups excluding carboxylic acids is 3. The predicted molar refractivity (Wildman–Crippen MR) is 98.8 cm³/mol. The van der Waals surface area contributed by atoms with E-state index in [0.717, 1.165) is 3.57 Å².